The van der Waals surface area contributed by atoms with Crippen molar-refractivity contribution in [3.05, 3.63) is 84.3 Å². The third-order valence-electron chi connectivity index (χ3n) is 5.47. The van der Waals surface area contributed by atoms with Crippen molar-refractivity contribution in [2.45, 2.75) is 13.1 Å². The Morgan fingerprint density at radius 3 is 2.53 bits per heavy atom. The van der Waals surface area contributed by atoms with Crippen LogP contribution in [0, 0.1) is 0 Å². The summed E-state index contributed by atoms with van der Waals surface area (Å²) < 4.78 is 3.81. The van der Waals surface area contributed by atoms with E-state index in [1.54, 1.807) is 11.0 Å². The van der Waals surface area contributed by atoms with Gasteiger partial charge in [-0.2, -0.15) is 5.10 Å². The van der Waals surface area contributed by atoms with Gasteiger partial charge in [-0.25, -0.2) is 14.6 Å². The summed E-state index contributed by atoms with van der Waals surface area (Å²) in [6.45, 7) is 4.62. The fourth-order valence-electron chi connectivity index (χ4n) is 3.84. The molecule has 0 aliphatic carbocycles. The SMILES string of the molecule is O=C(c1ccc(Cn2cncn2)cc1)N1CCN(Cc2cn3ccccc3n2)CC1. The van der Waals surface area contributed by atoms with E-state index in [0.717, 1.165) is 55.2 Å². The minimum absolute atomic E-state index is 0.0923. The predicted molar refractivity (Wildman–Crippen MR) is 112 cm³/mol. The Labute approximate surface area is 174 Å². The summed E-state index contributed by atoms with van der Waals surface area (Å²) in [5.41, 5.74) is 3.85. The lowest BCUT2D eigenvalue weighted by Crippen LogP contribution is -2.48. The van der Waals surface area contributed by atoms with E-state index in [1.807, 2.05) is 58.0 Å². The van der Waals surface area contributed by atoms with Crippen molar-refractivity contribution >= 4 is 11.6 Å². The van der Waals surface area contributed by atoms with Crippen LogP contribution in [0.5, 0.6) is 0 Å². The van der Waals surface area contributed by atoms with Gasteiger partial charge in [0.1, 0.15) is 18.3 Å². The molecule has 0 atom stereocenters. The number of piperazine rings is 1. The second kappa shape index (κ2) is 8.08. The summed E-state index contributed by atoms with van der Waals surface area (Å²) in [5, 5.41) is 4.11. The molecule has 4 aromatic rings. The van der Waals surface area contributed by atoms with Gasteiger partial charge in [0.05, 0.1) is 12.2 Å². The first-order valence-corrected chi connectivity index (χ1v) is 10.1. The monoisotopic (exact) mass is 401 g/mol. The van der Waals surface area contributed by atoms with Gasteiger partial charge >= 0.3 is 0 Å². The van der Waals surface area contributed by atoms with E-state index in [2.05, 4.69) is 26.2 Å². The smallest absolute Gasteiger partial charge is 0.253 e. The van der Waals surface area contributed by atoms with Crippen LogP contribution in [-0.2, 0) is 13.1 Å². The molecule has 152 valence electrons. The number of carbonyl (C=O) groups excluding carboxylic acids is 1. The van der Waals surface area contributed by atoms with Crippen LogP contribution in [0.4, 0.5) is 0 Å². The van der Waals surface area contributed by atoms with Gasteiger partial charge in [0.15, 0.2) is 0 Å². The maximum Gasteiger partial charge on any atom is 0.253 e. The van der Waals surface area contributed by atoms with Crippen LogP contribution in [0.2, 0.25) is 0 Å². The van der Waals surface area contributed by atoms with Gasteiger partial charge in [-0.1, -0.05) is 18.2 Å². The number of hydrogen-bond acceptors (Lipinski definition) is 5. The van der Waals surface area contributed by atoms with Crippen LogP contribution >= 0.6 is 0 Å². The molecule has 0 bridgehead atoms. The molecule has 1 aromatic carbocycles. The molecule has 1 fully saturated rings. The molecule has 0 radical (unpaired) electrons. The highest BCUT2D eigenvalue weighted by Gasteiger charge is 2.22. The van der Waals surface area contributed by atoms with Gasteiger partial charge < -0.3 is 9.30 Å². The highest BCUT2D eigenvalue weighted by Crippen LogP contribution is 2.13. The number of fused-ring (bicyclic) bond motifs is 1. The van der Waals surface area contributed by atoms with Crippen LogP contribution in [0.15, 0.2) is 67.5 Å². The van der Waals surface area contributed by atoms with Crippen LogP contribution in [0.25, 0.3) is 5.65 Å². The molecule has 1 aliphatic heterocycles. The zero-order valence-electron chi connectivity index (χ0n) is 16.6. The maximum atomic E-state index is 12.9. The minimum atomic E-state index is 0.0923. The fraction of sp³-hybridized carbons (Fsp3) is 0.273. The Kier molecular flexibility index (Phi) is 4.98. The molecule has 8 nitrogen and oxygen atoms in total. The Balaban J connectivity index is 1.16. The standard InChI is InChI=1S/C22H23N7O/c30-22(19-6-4-18(5-7-19)13-29-17-23-16-24-29)27-11-9-26(10-12-27)14-20-15-28-8-2-1-3-21(28)25-20/h1-8,15-17H,9-14H2. The van der Waals surface area contributed by atoms with E-state index < -0.39 is 0 Å². The maximum absolute atomic E-state index is 12.9. The number of benzene rings is 1. The lowest BCUT2D eigenvalue weighted by molar-refractivity contribution is 0.0627. The first-order valence-electron chi connectivity index (χ1n) is 10.1. The molecule has 3 aromatic heterocycles. The molecular weight excluding hydrogens is 378 g/mol. The fourth-order valence-corrected chi connectivity index (χ4v) is 3.84. The van der Waals surface area contributed by atoms with Crippen molar-refractivity contribution in [3.63, 3.8) is 0 Å². The third-order valence-corrected chi connectivity index (χ3v) is 5.47. The molecule has 4 heterocycles. The minimum Gasteiger partial charge on any atom is -0.336 e. The van der Waals surface area contributed by atoms with Crippen molar-refractivity contribution < 1.29 is 4.79 Å². The lowest BCUT2D eigenvalue weighted by Gasteiger charge is -2.34. The summed E-state index contributed by atoms with van der Waals surface area (Å²) in [4.78, 5) is 25.8. The normalized spacial score (nSPS) is 15.0. The summed E-state index contributed by atoms with van der Waals surface area (Å²) in [7, 11) is 0. The summed E-state index contributed by atoms with van der Waals surface area (Å²) >= 11 is 0. The van der Waals surface area contributed by atoms with Crippen molar-refractivity contribution in [2.75, 3.05) is 26.2 Å². The number of carbonyl (C=O) groups is 1. The average Bonchev–Trinajstić information content (AvgIpc) is 3.43. The van der Waals surface area contributed by atoms with Crippen molar-refractivity contribution in [3.8, 4) is 0 Å². The van der Waals surface area contributed by atoms with Gasteiger partial charge in [-0.05, 0) is 29.8 Å². The quantitative estimate of drug-likeness (QED) is 0.511. The predicted octanol–water partition coefficient (Wildman–Crippen LogP) is 1.93. The Morgan fingerprint density at radius 2 is 1.80 bits per heavy atom. The number of amides is 1. The number of rotatable bonds is 5. The van der Waals surface area contributed by atoms with Crippen LogP contribution in [0.1, 0.15) is 21.6 Å². The average molecular weight is 401 g/mol. The Bertz CT molecular complexity index is 1090. The Morgan fingerprint density at radius 1 is 0.967 bits per heavy atom. The summed E-state index contributed by atoms with van der Waals surface area (Å²) in [5.74, 6) is 0.0923. The second-order valence-corrected chi connectivity index (χ2v) is 7.56. The highest BCUT2D eigenvalue weighted by molar-refractivity contribution is 5.94. The zero-order valence-corrected chi connectivity index (χ0v) is 16.6. The number of nitrogens with zero attached hydrogens (tertiary/aromatic N) is 7. The van der Waals surface area contributed by atoms with Crippen LogP contribution in [0.3, 0.4) is 0 Å². The van der Waals surface area contributed by atoms with Crippen molar-refractivity contribution in [2.24, 2.45) is 0 Å². The number of aromatic nitrogens is 5. The molecule has 1 saturated heterocycles. The van der Waals surface area contributed by atoms with E-state index in [1.165, 1.54) is 6.33 Å². The first kappa shape index (κ1) is 18.5. The molecule has 0 unspecified atom stereocenters. The number of hydrogen-bond donors (Lipinski definition) is 0. The molecule has 8 heteroatoms. The molecule has 1 aliphatic rings. The molecule has 0 saturated carbocycles. The van der Waals surface area contributed by atoms with Gasteiger partial charge in [0.25, 0.3) is 5.91 Å². The van der Waals surface area contributed by atoms with E-state index in [0.29, 0.717) is 6.54 Å². The largest absolute Gasteiger partial charge is 0.336 e. The van der Waals surface area contributed by atoms with Crippen molar-refractivity contribution in [1.29, 1.82) is 0 Å². The highest BCUT2D eigenvalue weighted by atomic mass is 16.2. The van der Waals surface area contributed by atoms with E-state index in [9.17, 15) is 4.79 Å². The van der Waals surface area contributed by atoms with Gasteiger partial charge in [-0.3, -0.25) is 9.69 Å². The van der Waals surface area contributed by atoms with Crippen LogP contribution in [-0.4, -0.2) is 66.0 Å². The van der Waals surface area contributed by atoms with Crippen LogP contribution < -0.4 is 0 Å². The molecule has 1 amide bonds. The zero-order chi connectivity index (χ0) is 20.3. The summed E-state index contributed by atoms with van der Waals surface area (Å²) in [6.07, 6.45) is 7.30. The van der Waals surface area contributed by atoms with Gasteiger partial charge in [-0.15, -0.1) is 0 Å². The van der Waals surface area contributed by atoms with Gasteiger partial charge in [0, 0.05) is 50.7 Å². The third kappa shape index (κ3) is 3.95. The summed E-state index contributed by atoms with van der Waals surface area (Å²) in [6, 6.07) is 13.8. The Hall–Kier alpha value is -3.52. The van der Waals surface area contributed by atoms with E-state index in [-0.39, 0.29) is 5.91 Å². The van der Waals surface area contributed by atoms with E-state index in [4.69, 9.17) is 0 Å². The first-order chi connectivity index (χ1) is 14.7. The van der Waals surface area contributed by atoms with Gasteiger partial charge in [0.2, 0.25) is 0 Å². The molecule has 5 rings (SSSR count). The topological polar surface area (TPSA) is 71.6 Å². The second-order valence-electron chi connectivity index (χ2n) is 7.56. The van der Waals surface area contributed by atoms with Crippen molar-refractivity contribution in [1.82, 2.24) is 33.9 Å². The van der Waals surface area contributed by atoms with E-state index >= 15 is 0 Å². The molecule has 0 spiro atoms. The lowest BCUT2D eigenvalue weighted by atomic mass is 10.1. The number of imidazole rings is 1. The molecule has 30 heavy (non-hydrogen) atoms. The molecule has 0 N–H and O–H groups in total. The molecular formula is C22H23N7O. The number of pyridine rings is 1.